The number of carbonyl (C=O) groups excluding carboxylic acids is 1. The molecule has 3 nitrogen and oxygen atoms in total. The topological polar surface area (TPSA) is 40.5 Å². The van der Waals surface area contributed by atoms with E-state index < -0.39 is 5.41 Å². The number of rotatable bonds is 2. The van der Waals surface area contributed by atoms with Gasteiger partial charge in [0, 0.05) is 18.1 Å². The fourth-order valence-corrected chi connectivity index (χ4v) is 2.51. The van der Waals surface area contributed by atoms with E-state index in [1.165, 1.54) is 0 Å². The van der Waals surface area contributed by atoms with Crippen LogP contribution in [0.25, 0.3) is 0 Å². The minimum Gasteiger partial charge on any atom is -0.391 e. The van der Waals surface area contributed by atoms with E-state index in [1.807, 2.05) is 32.0 Å². The Bertz CT molecular complexity index is 459. The monoisotopic (exact) mass is 267 g/mol. The number of hydrogen-bond donors (Lipinski definition) is 1. The zero-order valence-corrected chi connectivity index (χ0v) is 11.4. The Kier molecular flexibility index (Phi) is 3.64. The Hall–Kier alpha value is -1.06. The standard InChI is InChI=1S/C14H18ClNO2/c1-14(2,10-4-3-5-11(15)8-10)13(18)16-7-6-12(17)9-16/h3-5,8,12,17H,6-7,9H2,1-2H3/t12-/m1/s1. The van der Waals surface area contributed by atoms with E-state index in [2.05, 4.69) is 0 Å². The van der Waals surface area contributed by atoms with Crippen molar-refractivity contribution in [2.24, 2.45) is 0 Å². The summed E-state index contributed by atoms with van der Waals surface area (Å²) in [5.74, 6) is 0.0429. The molecule has 0 aliphatic carbocycles. The molecule has 1 aromatic carbocycles. The van der Waals surface area contributed by atoms with Gasteiger partial charge in [0.2, 0.25) is 5.91 Å². The third-order valence-corrected chi connectivity index (χ3v) is 3.77. The van der Waals surface area contributed by atoms with E-state index in [1.54, 1.807) is 11.0 Å². The van der Waals surface area contributed by atoms with Crippen LogP contribution in [0, 0.1) is 0 Å². The third-order valence-electron chi connectivity index (χ3n) is 3.53. The molecular weight excluding hydrogens is 250 g/mol. The predicted molar refractivity (Wildman–Crippen MR) is 71.7 cm³/mol. The smallest absolute Gasteiger partial charge is 0.232 e. The van der Waals surface area contributed by atoms with Gasteiger partial charge in [0.1, 0.15) is 0 Å². The minimum absolute atomic E-state index is 0.0429. The predicted octanol–water partition coefficient (Wildman–Crippen LogP) is 2.21. The molecule has 1 aliphatic heterocycles. The minimum atomic E-state index is -0.616. The van der Waals surface area contributed by atoms with Crippen LogP contribution in [0.5, 0.6) is 0 Å². The fourth-order valence-electron chi connectivity index (χ4n) is 2.32. The molecule has 1 aromatic rings. The lowest BCUT2D eigenvalue weighted by Crippen LogP contribution is -2.42. The SMILES string of the molecule is CC(C)(C(=O)N1CC[C@@H](O)C1)c1cccc(Cl)c1. The van der Waals surface area contributed by atoms with Crippen LogP contribution >= 0.6 is 11.6 Å². The van der Waals surface area contributed by atoms with Gasteiger partial charge >= 0.3 is 0 Å². The van der Waals surface area contributed by atoms with Gasteiger partial charge in [-0.15, -0.1) is 0 Å². The van der Waals surface area contributed by atoms with Crippen molar-refractivity contribution in [1.82, 2.24) is 4.90 Å². The highest BCUT2D eigenvalue weighted by atomic mass is 35.5. The van der Waals surface area contributed by atoms with E-state index in [-0.39, 0.29) is 12.0 Å². The molecule has 1 amide bonds. The van der Waals surface area contributed by atoms with Crippen molar-refractivity contribution < 1.29 is 9.90 Å². The molecule has 1 N–H and O–H groups in total. The summed E-state index contributed by atoms with van der Waals surface area (Å²) in [7, 11) is 0. The molecule has 0 unspecified atom stereocenters. The Morgan fingerprint density at radius 1 is 1.50 bits per heavy atom. The van der Waals surface area contributed by atoms with Crippen molar-refractivity contribution >= 4 is 17.5 Å². The van der Waals surface area contributed by atoms with Gasteiger partial charge < -0.3 is 10.0 Å². The maximum atomic E-state index is 12.5. The number of likely N-dealkylation sites (tertiary alicyclic amines) is 1. The number of benzene rings is 1. The van der Waals surface area contributed by atoms with Crippen LogP contribution in [0.15, 0.2) is 24.3 Å². The number of amides is 1. The van der Waals surface area contributed by atoms with Crippen LogP contribution in [0.1, 0.15) is 25.8 Å². The lowest BCUT2D eigenvalue weighted by molar-refractivity contribution is -0.135. The summed E-state index contributed by atoms with van der Waals surface area (Å²) in [6.07, 6.45) is 0.279. The Labute approximate surface area is 112 Å². The Balaban J connectivity index is 2.22. The molecule has 98 valence electrons. The molecule has 0 aromatic heterocycles. The molecule has 0 saturated carbocycles. The summed E-state index contributed by atoms with van der Waals surface area (Å²) in [5.41, 5.74) is 0.288. The van der Waals surface area contributed by atoms with E-state index in [0.717, 1.165) is 5.56 Å². The highest BCUT2D eigenvalue weighted by Crippen LogP contribution is 2.29. The molecule has 0 bridgehead atoms. The van der Waals surface area contributed by atoms with Crippen LogP contribution in [-0.2, 0) is 10.2 Å². The van der Waals surface area contributed by atoms with Gasteiger partial charge in [0.05, 0.1) is 11.5 Å². The van der Waals surface area contributed by atoms with Gasteiger partial charge in [-0.3, -0.25) is 4.79 Å². The molecule has 1 aliphatic rings. The second kappa shape index (κ2) is 4.90. The van der Waals surface area contributed by atoms with E-state index >= 15 is 0 Å². The second-order valence-electron chi connectivity index (χ2n) is 5.33. The average Bonchev–Trinajstić information content (AvgIpc) is 2.74. The Morgan fingerprint density at radius 3 is 2.78 bits per heavy atom. The maximum absolute atomic E-state index is 12.5. The van der Waals surface area contributed by atoms with Crippen LogP contribution in [0.4, 0.5) is 0 Å². The van der Waals surface area contributed by atoms with Crippen molar-refractivity contribution in [3.63, 3.8) is 0 Å². The maximum Gasteiger partial charge on any atom is 0.232 e. The van der Waals surface area contributed by atoms with Gasteiger partial charge in [0.25, 0.3) is 0 Å². The number of β-amino-alcohol motifs (C(OH)–C–C–N with tert-alkyl or cyclic N) is 1. The van der Waals surface area contributed by atoms with Crippen molar-refractivity contribution in [1.29, 1.82) is 0 Å². The zero-order valence-electron chi connectivity index (χ0n) is 10.7. The van der Waals surface area contributed by atoms with Crippen molar-refractivity contribution in [2.75, 3.05) is 13.1 Å². The number of aliphatic hydroxyl groups is 1. The number of nitrogens with zero attached hydrogens (tertiary/aromatic N) is 1. The molecule has 1 atom stereocenters. The van der Waals surface area contributed by atoms with Crippen LogP contribution in [0.3, 0.4) is 0 Å². The van der Waals surface area contributed by atoms with Crippen molar-refractivity contribution in [3.8, 4) is 0 Å². The lowest BCUT2D eigenvalue weighted by atomic mass is 9.83. The molecule has 2 rings (SSSR count). The number of carbonyl (C=O) groups is 1. The molecule has 18 heavy (non-hydrogen) atoms. The van der Waals surface area contributed by atoms with Crippen LogP contribution < -0.4 is 0 Å². The highest BCUT2D eigenvalue weighted by Gasteiger charge is 2.36. The van der Waals surface area contributed by atoms with Crippen LogP contribution in [-0.4, -0.2) is 35.1 Å². The number of halogens is 1. The van der Waals surface area contributed by atoms with E-state index in [9.17, 15) is 9.90 Å². The first-order valence-corrected chi connectivity index (χ1v) is 6.52. The third kappa shape index (κ3) is 2.52. The summed E-state index contributed by atoms with van der Waals surface area (Å²) in [6.45, 7) is 4.85. The quantitative estimate of drug-likeness (QED) is 0.893. The highest BCUT2D eigenvalue weighted by molar-refractivity contribution is 6.30. The first-order chi connectivity index (χ1) is 8.41. The van der Waals surface area contributed by atoms with E-state index in [0.29, 0.717) is 24.5 Å². The summed E-state index contributed by atoms with van der Waals surface area (Å²) >= 11 is 5.97. The summed E-state index contributed by atoms with van der Waals surface area (Å²) < 4.78 is 0. The normalized spacial score (nSPS) is 20.2. The van der Waals surface area contributed by atoms with Crippen molar-refractivity contribution in [3.05, 3.63) is 34.9 Å². The molecule has 1 heterocycles. The average molecular weight is 268 g/mol. The van der Waals surface area contributed by atoms with Crippen molar-refractivity contribution in [2.45, 2.75) is 31.8 Å². The molecule has 1 fully saturated rings. The first kappa shape index (κ1) is 13.4. The van der Waals surface area contributed by atoms with Gasteiger partial charge in [-0.05, 0) is 38.0 Å². The summed E-state index contributed by atoms with van der Waals surface area (Å²) in [4.78, 5) is 14.2. The van der Waals surface area contributed by atoms with Gasteiger partial charge in [-0.1, -0.05) is 23.7 Å². The number of aliphatic hydroxyl groups excluding tert-OH is 1. The molecule has 0 radical (unpaired) electrons. The first-order valence-electron chi connectivity index (χ1n) is 6.15. The summed E-state index contributed by atoms with van der Waals surface area (Å²) in [6, 6.07) is 7.39. The van der Waals surface area contributed by atoms with Crippen LogP contribution in [0.2, 0.25) is 5.02 Å². The molecule has 0 spiro atoms. The van der Waals surface area contributed by atoms with Gasteiger partial charge in [0.15, 0.2) is 0 Å². The fraction of sp³-hybridized carbons (Fsp3) is 0.500. The van der Waals surface area contributed by atoms with Gasteiger partial charge in [-0.2, -0.15) is 0 Å². The zero-order chi connectivity index (χ0) is 13.3. The molecular formula is C14H18ClNO2. The lowest BCUT2D eigenvalue weighted by Gasteiger charge is -2.29. The summed E-state index contributed by atoms with van der Waals surface area (Å²) in [5, 5.41) is 10.1. The molecule has 1 saturated heterocycles. The second-order valence-corrected chi connectivity index (χ2v) is 5.77. The molecule has 4 heteroatoms. The number of hydrogen-bond acceptors (Lipinski definition) is 2. The largest absolute Gasteiger partial charge is 0.391 e. The Morgan fingerprint density at radius 2 is 2.22 bits per heavy atom. The van der Waals surface area contributed by atoms with E-state index in [4.69, 9.17) is 11.6 Å². The van der Waals surface area contributed by atoms with Gasteiger partial charge in [-0.25, -0.2) is 0 Å².